The molecule has 0 spiro atoms. The highest BCUT2D eigenvalue weighted by Crippen LogP contribution is 2.25. The summed E-state index contributed by atoms with van der Waals surface area (Å²) in [5.41, 5.74) is 3.45. The predicted molar refractivity (Wildman–Crippen MR) is 119 cm³/mol. The lowest BCUT2D eigenvalue weighted by Crippen LogP contribution is -2.17. The Morgan fingerprint density at radius 3 is 2.41 bits per heavy atom. The van der Waals surface area contributed by atoms with Crippen molar-refractivity contribution in [3.8, 4) is 5.75 Å². The second-order valence-corrected chi connectivity index (χ2v) is 7.37. The van der Waals surface area contributed by atoms with Gasteiger partial charge in [0.25, 0.3) is 0 Å². The molecule has 3 aromatic carbocycles. The lowest BCUT2D eigenvalue weighted by Gasteiger charge is -2.14. The van der Waals surface area contributed by atoms with Gasteiger partial charge in [-0.25, -0.2) is 0 Å². The Balaban J connectivity index is 0.00000261. The SMILES string of the molecule is Cl.Clc1ccccc1COc1ccc(Br)cc1CNCCc1ccccc1. The van der Waals surface area contributed by atoms with E-state index in [0.29, 0.717) is 6.61 Å². The van der Waals surface area contributed by atoms with E-state index < -0.39 is 0 Å². The fourth-order valence-electron chi connectivity index (χ4n) is 2.70. The summed E-state index contributed by atoms with van der Waals surface area (Å²) in [6.45, 7) is 2.13. The maximum Gasteiger partial charge on any atom is 0.124 e. The summed E-state index contributed by atoms with van der Waals surface area (Å²) in [5.74, 6) is 0.875. The molecule has 0 saturated heterocycles. The number of rotatable bonds is 8. The van der Waals surface area contributed by atoms with Crippen molar-refractivity contribution in [2.45, 2.75) is 19.6 Å². The Labute approximate surface area is 180 Å². The van der Waals surface area contributed by atoms with Crippen LogP contribution < -0.4 is 10.1 Å². The lowest BCUT2D eigenvalue weighted by atomic mass is 10.1. The highest BCUT2D eigenvalue weighted by Gasteiger charge is 2.07. The number of ether oxygens (including phenoxy) is 1. The molecule has 0 bridgehead atoms. The van der Waals surface area contributed by atoms with Crippen molar-refractivity contribution in [1.82, 2.24) is 5.32 Å². The number of hydrogen-bond acceptors (Lipinski definition) is 2. The molecule has 0 aliphatic carbocycles. The van der Waals surface area contributed by atoms with E-state index in [1.807, 2.05) is 42.5 Å². The molecule has 0 aliphatic heterocycles. The van der Waals surface area contributed by atoms with E-state index in [9.17, 15) is 0 Å². The average Bonchev–Trinajstić information content (AvgIpc) is 2.66. The fourth-order valence-corrected chi connectivity index (χ4v) is 3.30. The Morgan fingerprint density at radius 1 is 0.889 bits per heavy atom. The van der Waals surface area contributed by atoms with Gasteiger partial charge >= 0.3 is 0 Å². The molecular formula is C22H22BrCl2NO. The summed E-state index contributed by atoms with van der Waals surface area (Å²) in [7, 11) is 0. The van der Waals surface area contributed by atoms with Crippen LogP contribution >= 0.6 is 39.9 Å². The van der Waals surface area contributed by atoms with Crippen LogP contribution in [0, 0.1) is 0 Å². The summed E-state index contributed by atoms with van der Waals surface area (Å²) in [6.07, 6.45) is 1.00. The topological polar surface area (TPSA) is 21.3 Å². The molecule has 0 unspecified atom stereocenters. The number of benzene rings is 3. The maximum atomic E-state index is 6.22. The molecule has 2 nitrogen and oxygen atoms in total. The molecular weight excluding hydrogens is 445 g/mol. The summed E-state index contributed by atoms with van der Waals surface area (Å²) in [4.78, 5) is 0. The first-order valence-electron chi connectivity index (χ1n) is 8.61. The van der Waals surface area contributed by atoms with Crippen LogP contribution in [0.1, 0.15) is 16.7 Å². The third-order valence-electron chi connectivity index (χ3n) is 4.11. The van der Waals surface area contributed by atoms with Crippen LogP contribution in [0.15, 0.2) is 77.3 Å². The van der Waals surface area contributed by atoms with Crippen molar-refractivity contribution in [3.05, 3.63) is 99.0 Å². The minimum Gasteiger partial charge on any atom is -0.489 e. The molecule has 142 valence electrons. The number of halogens is 3. The second kappa shape index (κ2) is 11.4. The lowest BCUT2D eigenvalue weighted by molar-refractivity contribution is 0.302. The van der Waals surface area contributed by atoms with E-state index >= 15 is 0 Å². The molecule has 0 fully saturated rings. The molecule has 0 amide bonds. The highest BCUT2D eigenvalue weighted by atomic mass is 79.9. The summed E-state index contributed by atoms with van der Waals surface area (Å²) >= 11 is 9.76. The first kappa shape index (κ1) is 21.8. The van der Waals surface area contributed by atoms with E-state index in [-0.39, 0.29) is 12.4 Å². The van der Waals surface area contributed by atoms with Gasteiger partial charge in [0, 0.05) is 27.2 Å². The van der Waals surface area contributed by atoms with Gasteiger partial charge in [0.1, 0.15) is 12.4 Å². The van der Waals surface area contributed by atoms with E-state index in [4.69, 9.17) is 16.3 Å². The van der Waals surface area contributed by atoms with Gasteiger partial charge in [-0.3, -0.25) is 0 Å². The van der Waals surface area contributed by atoms with Crippen molar-refractivity contribution >= 4 is 39.9 Å². The monoisotopic (exact) mass is 465 g/mol. The first-order chi connectivity index (χ1) is 12.7. The standard InChI is InChI=1S/C22H21BrClNO.ClH/c23-20-10-11-22(26-16-18-8-4-5-9-21(18)24)19(14-20)15-25-13-12-17-6-2-1-3-7-17;/h1-11,14,25H,12-13,15-16H2;1H. The molecule has 0 heterocycles. The number of hydrogen-bond donors (Lipinski definition) is 1. The van der Waals surface area contributed by atoms with Crippen LogP contribution in [-0.4, -0.2) is 6.54 Å². The Hall–Kier alpha value is -1.52. The molecule has 0 saturated carbocycles. The maximum absolute atomic E-state index is 6.22. The zero-order valence-electron chi connectivity index (χ0n) is 14.8. The van der Waals surface area contributed by atoms with Crippen LogP contribution in [-0.2, 0) is 19.6 Å². The van der Waals surface area contributed by atoms with E-state index in [0.717, 1.165) is 45.9 Å². The van der Waals surface area contributed by atoms with Crippen molar-refractivity contribution in [2.24, 2.45) is 0 Å². The van der Waals surface area contributed by atoms with Crippen LogP contribution in [0.2, 0.25) is 5.02 Å². The smallest absolute Gasteiger partial charge is 0.124 e. The normalized spacial score (nSPS) is 10.3. The van der Waals surface area contributed by atoms with Crippen LogP contribution in [0.25, 0.3) is 0 Å². The van der Waals surface area contributed by atoms with E-state index in [1.54, 1.807) is 0 Å². The Morgan fingerprint density at radius 2 is 1.63 bits per heavy atom. The zero-order chi connectivity index (χ0) is 18.2. The Kier molecular flexibility index (Phi) is 9.16. The summed E-state index contributed by atoms with van der Waals surface area (Å²) < 4.78 is 7.07. The summed E-state index contributed by atoms with van der Waals surface area (Å²) in [5, 5.41) is 4.23. The molecule has 3 rings (SSSR count). The van der Waals surface area contributed by atoms with Crippen molar-refractivity contribution < 1.29 is 4.74 Å². The van der Waals surface area contributed by atoms with Crippen LogP contribution in [0.3, 0.4) is 0 Å². The number of nitrogens with one attached hydrogen (secondary N) is 1. The zero-order valence-corrected chi connectivity index (χ0v) is 18.0. The molecule has 0 radical (unpaired) electrons. The van der Waals surface area contributed by atoms with E-state index in [1.165, 1.54) is 5.56 Å². The van der Waals surface area contributed by atoms with Crippen molar-refractivity contribution in [2.75, 3.05) is 6.54 Å². The van der Waals surface area contributed by atoms with Crippen molar-refractivity contribution in [1.29, 1.82) is 0 Å². The molecule has 3 aromatic rings. The predicted octanol–water partition coefficient (Wildman–Crippen LogP) is 6.44. The minimum atomic E-state index is 0. The third-order valence-corrected chi connectivity index (χ3v) is 4.97. The van der Waals surface area contributed by atoms with Gasteiger partial charge in [-0.2, -0.15) is 0 Å². The molecule has 1 N–H and O–H groups in total. The quantitative estimate of drug-likeness (QED) is 0.386. The molecule has 0 aliphatic rings. The van der Waals surface area contributed by atoms with Gasteiger partial charge < -0.3 is 10.1 Å². The van der Waals surface area contributed by atoms with Gasteiger partial charge in [0.05, 0.1) is 0 Å². The van der Waals surface area contributed by atoms with Gasteiger partial charge in [0.2, 0.25) is 0 Å². The second-order valence-electron chi connectivity index (χ2n) is 6.04. The van der Waals surface area contributed by atoms with Gasteiger partial charge in [0.15, 0.2) is 0 Å². The molecule has 0 aromatic heterocycles. The third kappa shape index (κ3) is 6.86. The average molecular weight is 467 g/mol. The molecule has 0 atom stereocenters. The Bertz CT molecular complexity index is 843. The largest absolute Gasteiger partial charge is 0.489 e. The minimum absolute atomic E-state index is 0. The van der Waals surface area contributed by atoms with Gasteiger partial charge in [-0.15, -0.1) is 12.4 Å². The summed E-state index contributed by atoms with van der Waals surface area (Å²) in [6, 6.07) is 24.3. The highest BCUT2D eigenvalue weighted by molar-refractivity contribution is 9.10. The molecule has 27 heavy (non-hydrogen) atoms. The van der Waals surface area contributed by atoms with E-state index in [2.05, 4.69) is 51.6 Å². The molecule has 5 heteroatoms. The van der Waals surface area contributed by atoms with Gasteiger partial charge in [-0.05, 0) is 42.8 Å². The van der Waals surface area contributed by atoms with Gasteiger partial charge in [-0.1, -0.05) is 76.1 Å². The first-order valence-corrected chi connectivity index (χ1v) is 9.79. The van der Waals surface area contributed by atoms with Crippen LogP contribution in [0.4, 0.5) is 0 Å². The van der Waals surface area contributed by atoms with Crippen molar-refractivity contribution in [3.63, 3.8) is 0 Å². The van der Waals surface area contributed by atoms with Crippen LogP contribution in [0.5, 0.6) is 5.75 Å². The fraction of sp³-hybridized carbons (Fsp3) is 0.182.